The molecule has 0 saturated carbocycles. The van der Waals surface area contributed by atoms with Crippen LogP contribution >= 0.6 is 0 Å². The first-order chi connectivity index (χ1) is 11.6. The Kier molecular flexibility index (Phi) is 4.98. The Balaban J connectivity index is 1.58. The minimum absolute atomic E-state index is 0.0856. The van der Waals surface area contributed by atoms with Gasteiger partial charge in [0.25, 0.3) is 0 Å². The molecule has 0 bridgehead atoms. The highest BCUT2D eigenvalue weighted by molar-refractivity contribution is 5.26. The van der Waals surface area contributed by atoms with Crippen LogP contribution in [0, 0.1) is 6.92 Å². The Bertz CT molecular complexity index is 753. The van der Waals surface area contributed by atoms with Gasteiger partial charge in [-0.15, -0.1) is 0 Å². The van der Waals surface area contributed by atoms with Crippen LogP contribution in [0.2, 0.25) is 0 Å². The summed E-state index contributed by atoms with van der Waals surface area (Å²) in [6.07, 6.45) is 4.37. The van der Waals surface area contributed by atoms with Gasteiger partial charge in [-0.2, -0.15) is 5.10 Å². The molecule has 0 radical (unpaired) electrons. The fourth-order valence-electron chi connectivity index (χ4n) is 2.43. The van der Waals surface area contributed by atoms with Crippen LogP contribution in [0.4, 0.5) is 0 Å². The van der Waals surface area contributed by atoms with Crippen LogP contribution in [-0.4, -0.2) is 31.4 Å². The lowest BCUT2D eigenvalue weighted by Gasteiger charge is -2.18. The molecule has 1 aromatic carbocycles. The Labute approximate surface area is 141 Å². The van der Waals surface area contributed by atoms with Crippen LogP contribution in [0.5, 0.6) is 0 Å². The molecule has 6 nitrogen and oxygen atoms in total. The number of benzene rings is 1. The zero-order valence-electron chi connectivity index (χ0n) is 13.8. The molecule has 2 heterocycles. The molecule has 124 valence electrons. The highest BCUT2D eigenvalue weighted by Crippen LogP contribution is 2.16. The second-order valence-electron chi connectivity index (χ2n) is 5.85. The Hall–Kier alpha value is -2.57. The maximum Gasteiger partial charge on any atom is 0.155 e. The van der Waals surface area contributed by atoms with Crippen LogP contribution in [0.15, 0.2) is 55.2 Å². The van der Waals surface area contributed by atoms with Gasteiger partial charge in [0.2, 0.25) is 0 Å². The monoisotopic (exact) mass is 323 g/mol. The van der Waals surface area contributed by atoms with Crippen molar-refractivity contribution in [3.8, 4) is 5.82 Å². The SMILES string of the molecule is Cc1ccc(C(O)CNC(C)c2ccc(-n3cncn3)nc2)cc1. The van der Waals surface area contributed by atoms with Gasteiger partial charge in [0.15, 0.2) is 5.82 Å². The molecular formula is C18H21N5O. The number of aromatic nitrogens is 4. The van der Waals surface area contributed by atoms with Gasteiger partial charge in [0.05, 0.1) is 6.10 Å². The molecule has 2 N–H and O–H groups in total. The lowest BCUT2D eigenvalue weighted by Crippen LogP contribution is -2.24. The van der Waals surface area contributed by atoms with Crippen LogP contribution in [0.1, 0.15) is 35.8 Å². The number of aliphatic hydroxyl groups is 1. The first-order valence-corrected chi connectivity index (χ1v) is 7.92. The molecule has 0 spiro atoms. The Morgan fingerprint density at radius 2 is 1.88 bits per heavy atom. The van der Waals surface area contributed by atoms with E-state index in [0.29, 0.717) is 6.54 Å². The van der Waals surface area contributed by atoms with Crippen LogP contribution in [0.25, 0.3) is 5.82 Å². The molecule has 6 heteroatoms. The van der Waals surface area contributed by atoms with Gasteiger partial charge in [0, 0.05) is 18.8 Å². The summed E-state index contributed by atoms with van der Waals surface area (Å²) >= 11 is 0. The molecule has 24 heavy (non-hydrogen) atoms. The van der Waals surface area contributed by atoms with E-state index in [1.54, 1.807) is 11.0 Å². The molecule has 0 aliphatic heterocycles. The number of pyridine rings is 1. The number of hydrogen-bond donors (Lipinski definition) is 2. The van der Waals surface area contributed by atoms with Crippen molar-refractivity contribution in [1.82, 2.24) is 25.1 Å². The van der Waals surface area contributed by atoms with E-state index in [9.17, 15) is 5.11 Å². The van der Waals surface area contributed by atoms with Crippen molar-refractivity contribution >= 4 is 0 Å². The topological polar surface area (TPSA) is 75.9 Å². The zero-order valence-corrected chi connectivity index (χ0v) is 13.8. The van der Waals surface area contributed by atoms with E-state index in [0.717, 1.165) is 16.9 Å². The predicted octanol–water partition coefficient (Wildman–Crippen LogP) is 2.35. The van der Waals surface area contributed by atoms with E-state index in [1.165, 1.54) is 11.9 Å². The fraction of sp³-hybridized carbons (Fsp3) is 0.278. The Morgan fingerprint density at radius 3 is 2.50 bits per heavy atom. The minimum Gasteiger partial charge on any atom is -0.387 e. The van der Waals surface area contributed by atoms with E-state index >= 15 is 0 Å². The third-order valence-electron chi connectivity index (χ3n) is 4.00. The van der Waals surface area contributed by atoms with E-state index in [4.69, 9.17) is 0 Å². The average molecular weight is 323 g/mol. The third-order valence-corrected chi connectivity index (χ3v) is 4.00. The van der Waals surface area contributed by atoms with E-state index < -0.39 is 6.10 Å². The summed E-state index contributed by atoms with van der Waals surface area (Å²) in [6.45, 7) is 4.57. The van der Waals surface area contributed by atoms with E-state index in [-0.39, 0.29) is 6.04 Å². The van der Waals surface area contributed by atoms with Gasteiger partial charge in [-0.05, 0) is 31.0 Å². The highest BCUT2D eigenvalue weighted by Gasteiger charge is 2.11. The molecule has 0 fully saturated rings. The minimum atomic E-state index is -0.532. The number of hydrogen-bond acceptors (Lipinski definition) is 5. The van der Waals surface area contributed by atoms with Gasteiger partial charge in [-0.1, -0.05) is 35.9 Å². The lowest BCUT2D eigenvalue weighted by molar-refractivity contribution is 0.171. The summed E-state index contributed by atoms with van der Waals surface area (Å²) in [6, 6.07) is 11.9. The number of nitrogens with zero attached hydrogens (tertiary/aromatic N) is 4. The van der Waals surface area contributed by atoms with Crippen molar-refractivity contribution in [2.24, 2.45) is 0 Å². The van der Waals surface area contributed by atoms with Gasteiger partial charge in [-0.25, -0.2) is 14.6 Å². The molecule has 0 aliphatic carbocycles. The second-order valence-corrected chi connectivity index (χ2v) is 5.85. The van der Waals surface area contributed by atoms with Gasteiger partial charge >= 0.3 is 0 Å². The molecule has 0 aliphatic rings. The summed E-state index contributed by atoms with van der Waals surface area (Å²) in [5.74, 6) is 0.725. The summed E-state index contributed by atoms with van der Waals surface area (Å²) in [7, 11) is 0. The fourth-order valence-corrected chi connectivity index (χ4v) is 2.43. The van der Waals surface area contributed by atoms with Crippen molar-refractivity contribution < 1.29 is 5.11 Å². The lowest BCUT2D eigenvalue weighted by atomic mass is 10.1. The molecule has 3 rings (SSSR count). The standard InChI is InChI=1S/C18H21N5O/c1-13-3-5-15(6-4-13)17(24)10-20-14(2)16-7-8-18(21-9-16)23-12-19-11-22-23/h3-9,11-12,14,17,20,24H,10H2,1-2H3. The van der Waals surface area contributed by atoms with Crippen molar-refractivity contribution in [2.45, 2.75) is 26.0 Å². The largest absolute Gasteiger partial charge is 0.387 e. The molecule has 2 unspecified atom stereocenters. The first kappa shape index (κ1) is 16.3. The van der Waals surface area contributed by atoms with Crippen molar-refractivity contribution in [1.29, 1.82) is 0 Å². The van der Waals surface area contributed by atoms with Gasteiger partial charge < -0.3 is 10.4 Å². The molecule has 0 amide bonds. The van der Waals surface area contributed by atoms with Gasteiger partial charge in [0.1, 0.15) is 12.7 Å². The number of aryl methyl sites for hydroxylation is 1. The normalized spacial score (nSPS) is 13.6. The molecule has 2 aromatic heterocycles. The maximum atomic E-state index is 10.3. The summed E-state index contributed by atoms with van der Waals surface area (Å²) in [5.41, 5.74) is 3.15. The van der Waals surface area contributed by atoms with E-state index in [1.807, 2.05) is 56.4 Å². The summed E-state index contributed by atoms with van der Waals surface area (Å²) in [5, 5.41) is 17.7. The van der Waals surface area contributed by atoms with E-state index in [2.05, 4.69) is 20.4 Å². The smallest absolute Gasteiger partial charge is 0.155 e. The van der Waals surface area contributed by atoms with Crippen LogP contribution in [-0.2, 0) is 0 Å². The number of aliphatic hydroxyl groups excluding tert-OH is 1. The molecule has 3 aromatic rings. The number of rotatable bonds is 6. The molecular weight excluding hydrogens is 302 g/mol. The highest BCUT2D eigenvalue weighted by atomic mass is 16.3. The third kappa shape index (κ3) is 3.84. The van der Waals surface area contributed by atoms with Crippen LogP contribution in [0.3, 0.4) is 0 Å². The van der Waals surface area contributed by atoms with Crippen LogP contribution < -0.4 is 5.32 Å². The first-order valence-electron chi connectivity index (χ1n) is 7.92. The zero-order chi connectivity index (χ0) is 16.9. The van der Waals surface area contributed by atoms with Crippen molar-refractivity contribution in [2.75, 3.05) is 6.54 Å². The number of nitrogens with one attached hydrogen (secondary N) is 1. The van der Waals surface area contributed by atoms with Crippen molar-refractivity contribution in [3.63, 3.8) is 0 Å². The van der Waals surface area contributed by atoms with Crippen molar-refractivity contribution in [3.05, 3.63) is 71.9 Å². The van der Waals surface area contributed by atoms with Gasteiger partial charge in [-0.3, -0.25) is 0 Å². The predicted molar refractivity (Wildman–Crippen MR) is 91.7 cm³/mol. The quantitative estimate of drug-likeness (QED) is 0.728. The molecule has 2 atom stereocenters. The second kappa shape index (κ2) is 7.33. The Morgan fingerprint density at radius 1 is 1.12 bits per heavy atom. The summed E-state index contributed by atoms with van der Waals surface area (Å²) < 4.78 is 1.61. The molecule has 0 saturated heterocycles. The average Bonchev–Trinajstić information content (AvgIpc) is 3.15. The maximum absolute atomic E-state index is 10.3. The summed E-state index contributed by atoms with van der Waals surface area (Å²) in [4.78, 5) is 8.31.